The van der Waals surface area contributed by atoms with Crippen molar-refractivity contribution in [3.8, 4) is 5.75 Å². The van der Waals surface area contributed by atoms with Crippen LogP contribution >= 0.6 is 58.0 Å². The third-order valence-electron chi connectivity index (χ3n) is 1.35. The van der Waals surface area contributed by atoms with Crippen LogP contribution < -0.4 is 38.8 Å². The fourth-order valence-corrected chi connectivity index (χ4v) is 2.46. The predicted octanol–water partition coefficient (Wildman–Crippen LogP) is -0.713. The zero-order chi connectivity index (χ0) is 11.7. The van der Waals surface area contributed by atoms with Gasteiger partial charge < -0.3 is 19.2 Å². The van der Waals surface area contributed by atoms with E-state index in [2.05, 4.69) is 4.43 Å². The Morgan fingerprint density at radius 3 is 1.47 bits per heavy atom. The summed E-state index contributed by atoms with van der Waals surface area (Å²) >= 11 is 28.3. The molecule has 0 aliphatic carbocycles. The molecule has 0 aromatic heterocycles. The second kappa shape index (κ2) is 8.42. The van der Waals surface area contributed by atoms with Crippen LogP contribution in [0.5, 0.6) is 5.75 Å². The molecule has 0 amide bonds. The molecule has 0 unspecified atom stereocenters. The van der Waals surface area contributed by atoms with Gasteiger partial charge in [0, 0.05) is 0 Å². The number of benzene rings is 1. The van der Waals surface area contributed by atoms with Crippen LogP contribution in [0, 0.1) is 0 Å². The van der Waals surface area contributed by atoms with Crippen LogP contribution in [-0.2, 0) is 4.46 Å². The first-order chi connectivity index (χ1) is 6.86. The molecule has 90 valence electrons. The Balaban J connectivity index is 0. The first kappa shape index (κ1) is 20.6. The van der Waals surface area contributed by atoms with E-state index in [0.29, 0.717) is 0 Å². The van der Waals surface area contributed by atoms with Crippen LogP contribution in [-0.4, -0.2) is 14.6 Å². The predicted molar refractivity (Wildman–Crippen MR) is 62.2 cm³/mol. The second-order valence-electron chi connectivity index (χ2n) is 2.25. The Bertz CT molecular complexity index is 414. The maximum atomic E-state index is 10.4. The Morgan fingerprint density at radius 1 is 0.882 bits per heavy atom. The van der Waals surface area contributed by atoms with Crippen LogP contribution in [0.3, 0.4) is 0 Å². The van der Waals surface area contributed by atoms with E-state index >= 15 is 0 Å². The minimum Gasteiger partial charge on any atom is -0.551 e. The Kier molecular flexibility index (Phi) is 10.2. The molecule has 1 rings (SSSR count). The van der Waals surface area contributed by atoms with Gasteiger partial charge in [-0.15, -0.1) is 0 Å². The normalized spacial score (nSPS) is 9.00. The molecule has 0 heterocycles. The van der Waals surface area contributed by atoms with E-state index in [-0.39, 0.29) is 65.9 Å². The summed E-state index contributed by atoms with van der Waals surface area (Å²) in [6.07, 6.45) is 0. The number of hydrogen-bond donors (Lipinski definition) is 0. The van der Waals surface area contributed by atoms with Crippen molar-refractivity contribution in [1.82, 2.24) is 0 Å². The summed E-state index contributed by atoms with van der Waals surface area (Å²) in [6, 6.07) is 0. The fourth-order valence-electron chi connectivity index (χ4n) is 0.758. The summed E-state index contributed by atoms with van der Waals surface area (Å²) in [5.74, 6) is -0.323. The molecule has 11 heteroatoms. The number of hydrogen-bond acceptors (Lipinski definition) is 3. The first-order valence-electron chi connectivity index (χ1n) is 3.26. The molecule has 0 atom stereocenters. The minimum atomic E-state index is -3.51. The summed E-state index contributed by atoms with van der Waals surface area (Å²) in [4.78, 5) is 10.4. The second-order valence-corrected chi connectivity index (χ2v) is 4.85. The summed E-state index contributed by atoms with van der Waals surface area (Å²) in [6.45, 7) is 0. The van der Waals surface area contributed by atoms with E-state index < -0.39 is 9.17 Å². The third-order valence-corrected chi connectivity index (χ3v) is 3.97. The molecule has 0 saturated heterocycles. The summed E-state index contributed by atoms with van der Waals surface area (Å²) in [5, 5.41) is -0.709. The maximum absolute atomic E-state index is 10.4. The monoisotopic (exact) mass is 364 g/mol. The molecule has 4 nitrogen and oxygen atoms in total. The molecular weight excluding hydrogens is 364 g/mol. The zero-order valence-corrected chi connectivity index (χ0v) is 14.9. The van der Waals surface area contributed by atoms with Gasteiger partial charge in [0.05, 0.1) is 30.9 Å². The molecule has 0 aliphatic heterocycles. The van der Waals surface area contributed by atoms with Crippen molar-refractivity contribution >= 4 is 67.2 Å². The van der Waals surface area contributed by atoms with Crippen LogP contribution in [0.2, 0.25) is 25.1 Å². The first-order valence-corrected chi connectivity index (χ1v) is 6.38. The molecule has 2 N–H and O–H groups in total. The average molecular weight is 366 g/mol. The van der Waals surface area contributed by atoms with Crippen molar-refractivity contribution in [2.75, 3.05) is 0 Å². The van der Waals surface area contributed by atoms with Gasteiger partial charge >= 0.3 is 38.7 Å². The van der Waals surface area contributed by atoms with Crippen molar-refractivity contribution in [3.05, 3.63) is 25.1 Å². The van der Waals surface area contributed by atoms with Gasteiger partial charge in [-0.2, -0.15) is 0 Å². The van der Waals surface area contributed by atoms with Gasteiger partial charge in [0.2, 0.25) is 0 Å². The summed E-state index contributed by atoms with van der Waals surface area (Å²) in [7, 11) is -3.51. The van der Waals surface area contributed by atoms with Gasteiger partial charge in [-0.1, -0.05) is 58.0 Å². The molecule has 0 saturated carbocycles. The summed E-state index contributed by atoms with van der Waals surface area (Å²) < 4.78 is 14.8. The molecule has 0 aliphatic rings. The smallest absolute Gasteiger partial charge is 0.551 e. The molecule has 0 spiro atoms. The van der Waals surface area contributed by atoms with Crippen LogP contribution in [0.25, 0.3) is 0 Å². The zero-order valence-electron chi connectivity index (χ0n) is 8.11. The molecule has 0 fully saturated rings. The molecule has 1 aromatic carbocycles. The van der Waals surface area contributed by atoms with E-state index in [1.165, 1.54) is 0 Å². The number of rotatable bonds is 2. The Hall–Kier alpha value is 1.25. The SMILES string of the molecule is O.O=[Si]([O-])Oc1c(Cl)c(Cl)c(Cl)c(Cl)c1Cl.[Na+]. The van der Waals surface area contributed by atoms with E-state index in [0.717, 1.165) is 0 Å². The Labute approximate surface area is 145 Å². The van der Waals surface area contributed by atoms with Gasteiger partial charge in [-0.25, -0.2) is 0 Å². The van der Waals surface area contributed by atoms with Crippen molar-refractivity contribution in [3.63, 3.8) is 0 Å². The Morgan fingerprint density at radius 2 is 1.18 bits per heavy atom. The van der Waals surface area contributed by atoms with Crippen molar-refractivity contribution in [2.24, 2.45) is 0 Å². The van der Waals surface area contributed by atoms with Crippen molar-refractivity contribution in [2.45, 2.75) is 0 Å². The van der Waals surface area contributed by atoms with Gasteiger partial charge in [-0.05, 0) is 0 Å². The topological polar surface area (TPSA) is 80.9 Å². The van der Waals surface area contributed by atoms with Gasteiger partial charge in [0.15, 0.2) is 0 Å². The third kappa shape index (κ3) is 4.69. The summed E-state index contributed by atoms with van der Waals surface area (Å²) in [5.41, 5.74) is 0. The van der Waals surface area contributed by atoms with Crippen LogP contribution in [0.4, 0.5) is 0 Å². The van der Waals surface area contributed by atoms with Gasteiger partial charge in [-0.3, -0.25) is 0 Å². The molecule has 1 aromatic rings. The van der Waals surface area contributed by atoms with E-state index in [1.54, 1.807) is 0 Å². The quantitative estimate of drug-likeness (QED) is 0.394. The van der Waals surface area contributed by atoms with Gasteiger partial charge in [0.25, 0.3) is 0 Å². The van der Waals surface area contributed by atoms with E-state index in [4.69, 9.17) is 58.0 Å². The molecular formula is C6H2Cl5NaO4Si. The van der Waals surface area contributed by atoms with Crippen LogP contribution in [0.1, 0.15) is 0 Å². The van der Waals surface area contributed by atoms with Crippen molar-refractivity contribution < 1.29 is 48.7 Å². The van der Waals surface area contributed by atoms with E-state index in [9.17, 15) is 9.26 Å². The van der Waals surface area contributed by atoms with E-state index in [1.807, 2.05) is 0 Å². The molecule has 0 bridgehead atoms. The van der Waals surface area contributed by atoms with Crippen LogP contribution in [0.15, 0.2) is 0 Å². The molecule has 17 heavy (non-hydrogen) atoms. The largest absolute Gasteiger partial charge is 1.00 e. The standard InChI is InChI=1S/C6Cl5O3Si.Na.H2O/c7-1-2(8)4(10)6(14-15(12)13)5(11)3(1)9;;/h;;1H2/q-1;+1;. The average Bonchev–Trinajstić information content (AvgIpc) is 2.18. The van der Waals surface area contributed by atoms with Gasteiger partial charge in [0.1, 0.15) is 0 Å². The van der Waals surface area contributed by atoms with Crippen molar-refractivity contribution in [1.29, 1.82) is 0 Å². The number of halogens is 5. The maximum Gasteiger partial charge on any atom is 1.00 e. The molecule has 0 radical (unpaired) electrons. The minimum absolute atomic E-state index is 0. The fraction of sp³-hybridized carbons (Fsp3) is 0.